The predicted molar refractivity (Wildman–Crippen MR) is 122 cm³/mol. The fourth-order valence-electron chi connectivity index (χ4n) is 2.78. The summed E-state index contributed by atoms with van der Waals surface area (Å²) >= 11 is 1.25. The second kappa shape index (κ2) is 11.7. The van der Waals surface area contributed by atoms with Crippen molar-refractivity contribution in [1.82, 2.24) is 15.0 Å². The van der Waals surface area contributed by atoms with Gasteiger partial charge in [-0.1, -0.05) is 18.2 Å². The van der Waals surface area contributed by atoms with Gasteiger partial charge in [0.2, 0.25) is 10.0 Å². The van der Waals surface area contributed by atoms with Crippen molar-refractivity contribution in [3.05, 3.63) is 82.3 Å². The highest BCUT2D eigenvalue weighted by molar-refractivity contribution is 7.89. The van der Waals surface area contributed by atoms with Crippen LogP contribution in [-0.2, 0) is 37.5 Å². The van der Waals surface area contributed by atoms with Crippen molar-refractivity contribution in [3.63, 3.8) is 0 Å². The van der Waals surface area contributed by atoms with Crippen molar-refractivity contribution < 1.29 is 27.5 Å². The summed E-state index contributed by atoms with van der Waals surface area (Å²) in [6, 6.07) is 13.5. The Hall–Kier alpha value is -3.12. The largest absolute Gasteiger partial charge is 0.468 e. The standard InChI is InChI=1S/C22H23N3O6S2/c1-30-22(27)19(25-33(28,29)18-5-3-2-4-6-18)13-24-21(26)20-8-7-17(32-20)15-31-14-16-9-11-23-12-10-16/h2-12,19,25H,13-15H2,1H3,(H,24,26). The first kappa shape index (κ1) is 24.5. The number of nitrogens with zero attached hydrogens (tertiary/aromatic N) is 1. The highest BCUT2D eigenvalue weighted by Crippen LogP contribution is 2.18. The molecule has 0 spiro atoms. The van der Waals surface area contributed by atoms with Crippen LogP contribution in [0.1, 0.15) is 20.1 Å². The van der Waals surface area contributed by atoms with Crippen LogP contribution in [0.3, 0.4) is 0 Å². The first-order chi connectivity index (χ1) is 15.9. The summed E-state index contributed by atoms with van der Waals surface area (Å²) in [7, 11) is -2.83. The maximum Gasteiger partial charge on any atom is 0.325 e. The van der Waals surface area contributed by atoms with Gasteiger partial charge in [0, 0.05) is 23.8 Å². The summed E-state index contributed by atoms with van der Waals surface area (Å²) in [6.45, 7) is 0.482. The number of carbonyl (C=O) groups is 2. The molecule has 2 aromatic heterocycles. The van der Waals surface area contributed by atoms with Gasteiger partial charge in [0.25, 0.3) is 5.91 Å². The number of methoxy groups -OCH3 is 1. The lowest BCUT2D eigenvalue weighted by Crippen LogP contribution is -2.48. The van der Waals surface area contributed by atoms with Crippen molar-refractivity contribution in [1.29, 1.82) is 0 Å². The molecule has 1 amide bonds. The van der Waals surface area contributed by atoms with Crippen molar-refractivity contribution in [2.75, 3.05) is 13.7 Å². The van der Waals surface area contributed by atoms with Crippen LogP contribution in [0.2, 0.25) is 0 Å². The number of esters is 1. The molecule has 0 bridgehead atoms. The average Bonchev–Trinajstić information content (AvgIpc) is 3.31. The van der Waals surface area contributed by atoms with Gasteiger partial charge in [-0.25, -0.2) is 8.42 Å². The Morgan fingerprint density at radius 3 is 2.45 bits per heavy atom. The monoisotopic (exact) mass is 489 g/mol. The van der Waals surface area contributed by atoms with E-state index in [1.165, 1.54) is 23.5 Å². The van der Waals surface area contributed by atoms with Gasteiger partial charge in [-0.2, -0.15) is 4.72 Å². The number of carbonyl (C=O) groups excluding carboxylic acids is 2. The van der Waals surface area contributed by atoms with Gasteiger partial charge < -0.3 is 14.8 Å². The Labute approximate surface area is 195 Å². The maximum absolute atomic E-state index is 12.5. The quantitative estimate of drug-likeness (QED) is 0.395. The SMILES string of the molecule is COC(=O)C(CNC(=O)c1ccc(COCc2ccncc2)s1)NS(=O)(=O)c1ccccc1. The van der Waals surface area contributed by atoms with E-state index in [1.807, 2.05) is 12.1 Å². The van der Waals surface area contributed by atoms with Crippen molar-refractivity contribution in [2.24, 2.45) is 0 Å². The smallest absolute Gasteiger partial charge is 0.325 e. The highest BCUT2D eigenvalue weighted by Gasteiger charge is 2.27. The average molecular weight is 490 g/mol. The highest BCUT2D eigenvalue weighted by atomic mass is 32.2. The second-order valence-corrected chi connectivity index (χ2v) is 9.72. The number of nitrogens with one attached hydrogen (secondary N) is 2. The van der Waals surface area contributed by atoms with E-state index in [0.717, 1.165) is 17.6 Å². The molecular weight excluding hydrogens is 466 g/mol. The topological polar surface area (TPSA) is 124 Å². The van der Waals surface area contributed by atoms with Crippen molar-refractivity contribution >= 4 is 33.2 Å². The van der Waals surface area contributed by atoms with E-state index in [1.54, 1.807) is 42.7 Å². The summed E-state index contributed by atoms with van der Waals surface area (Å²) < 4.78 is 37.7. The fourth-order valence-corrected chi connectivity index (χ4v) is 4.85. The number of sulfonamides is 1. The molecule has 1 unspecified atom stereocenters. The minimum Gasteiger partial charge on any atom is -0.468 e. The van der Waals surface area contributed by atoms with E-state index in [9.17, 15) is 18.0 Å². The van der Waals surface area contributed by atoms with Gasteiger partial charge in [-0.15, -0.1) is 11.3 Å². The molecule has 9 nitrogen and oxygen atoms in total. The van der Waals surface area contributed by atoms with Crippen LogP contribution in [0.5, 0.6) is 0 Å². The molecule has 0 saturated heterocycles. The van der Waals surface area contributed by atoms with E-state index in [0.29, 0.717) is 18.1 Å². The number of aromatic nitrogens is 1. The van der Waals surface area contributed by atoms with E-state index in [4.69, 9.17) is 4.74 Å². The Kier molecular flexibility index (Phi) is 8.66. The minimum atomic E-state index is -3.98. The molecule has 1 aromatic carbocycles. The lowest BCUT2D eigenvalue weighted by Gasteiger charge is -2.17. The number of benzene rings is 1. The zero-order chi connectivity index (χ0) is 23.7. The van der Waals surface area contributed by atoms with Crippen LogP contribution in [0.25, 0.3) is 0 Å². The summed E-state index contributed by atoms with van der Waals surface area (Å²) in [5.41, 5.74) is 0.992. The van der Waals surface area contributed by atoms with Crippen molar-refractivity contribution in [3.8, 4) is 0 Å². The van der Waals surface area contributed by atoms with Gasteiger partial charge in [0.05, 0.1) is 30.1 Å². The van der Waals surface area contributed by atoms with Gasteiger partial charge >= 0.3 is 5.97 Å². The summed E-state index contributed by atoms with van der Waals surface area (Å²) in [5, 5.41) is 2.58. The number of hydrogen-bond donors (Lipinski definition) is 2. The summed E-state index contributed by atoms with van der Waals surface area (Å²) in [4.78, 5) is 29.8. The zero-order valence-electron chi connectivity index (χ0n) is 17.8. The summed E-state index contributed by atoms with van der Waals surface area (Å²) in [6.07, 6.45) is 3.38. The van der Waals surface area contributed by atoms with Crippen LogP contribution in [-0.4, -0.2) is 45.0 Å². The molecule has 2 N–H and O–H groups in total. The number of ether oxygens (including phenoxy) is 2. The minimum absolute atomic E-state index is 0.0000983. The molecule has 11 heteroatoms. The molecule has 0 saturated carbocycles. The van der Waals surface area contributed by atoms with Crippen LogP contribution in [0.15, 0.2) is 71.9 Å². The fraction of sp³-hybridized carbons (Fsp3) is 0.227. The van der Waals surface area contributed by atoms with Crippen LogP contribution < -0.4 is 10.0 Å². The van der Waals surface area contributed by atoms with Gasteiger partial charge in [0.15, 0.2) is 0 Å². The molecule has 0 fully saturated rings. The molecule has 3 rings (SSSR count). The Morgan fingerprint density at radius 1 is 1.03 bits per heavy atom. The number of amides is 1. The third-order valence-electron chi connectivity index (χ3n) is 4.45. The third kappa shape index (κ3) is 7.19. The Morgan fingerprint density at radius 2 is 1.76 bits per heavy atom. The van der Waals surface area contributed by atoms with Crippen LogP contribution in [0.4, 0.5) is 0 Å². The van der Waals surface area contributed by atoms with Gasteiger partial charge in [-0.05, 0) is 42.0 Å². The number of rotatable bonds is 11. The maximum atomic E-state index is 12.5. The molecule has 0 aliphatic rings. The van der Waals surface area contributed by atoms with Gasteiger partial charge in [-0.3, -0.25) is 14.6 Å². The summed E-state index contributed by atoms with van der Waals surface area (Å²) in [5.74, 6) is -1.25. The molecule has 3 aromatic rings. The van der Waals surface area contributed by atoms with E-state index >= 15 is 0 Å². The molecule has 0 aliphatic heterocycles. The normalized spacial score (nSPS) is 12.2. The molecule has 0 aliphatic carbocycles. The first-order valence-corrected chi connectivity index (χ1v) is 12.2. The molecular formula is C22H23N3O6S2. The molecule has 2 heterocycles. The predicted octanol–water partition coefficient (Wildman–Crippen LogP) is 2.11. The lowest BCUT2D eigenvalue weighted by atomic mass is 10.3. The van der Waals surface area contributed by atoms with Crippen LogP contribution in [0, 0.1) is 0 Å². The molecule has 33 heavy (non-hydrogen) atoms. The molecule has 0 radical (unpaired) electrons. The zero-order valence-corrected chi connectivity index (χ0v) is 19.4. The number of pyridine rings is 1. The van der Waals surface area contributed by atoms with E-state index in [2.05, 4.69) is 19.8 Å². The molecule has 1 atom stereocenters. The number of thiophene rings is 1. The lowest BCUT2D eigenvalue weighted by molar-refractivity contribution is -0.142. The van der Waals surface area contributed by atoms with E-state index in [-0.39, 0.29) is 11.4 Å². The number of hydrogen-bond acceptors (Lipinski definition) is 8. The third-order valence-corrected chi connectivity index (χ3v) is 7.00. The van der Waals surface area contributed by atoms with Gasteiger partial charge in [0.1, 0.15) is 6.04 Å². The van der Waals surface area contributed by atoms with Crippen LogP contribution >= 0.6 is 11.3 Å². The Bertz CT molecular complexity index is 1170. The second-order valence-electron chi connectivity index (χ2n) is 6.83. The van der Waals surface area contributed by atoms with Crippen molar-refractivity contribution in [2.45, 2.75) is 24.2 Å². The van der Waals surface area contributed by atoms with E-state index < -0.39 is 27.9 Å². The first-order valence-electron chi connectivity index (χ1n) is 9.88. The Balaban J connectivity index is 1.55. The molecule has 174 valence electrons.